The van der Waals surface area contributed by atoms with Crippen LogP contribution in [0.2, 0.25) is 0 Å². The van der Waals surface area contributed by atoms with Crippen molar-refractivity contribution in [3.05, 3.63) is 64.2 Å². The molecule has 3 heteroatoms. The molecule has 0 heterocycles. The summed E-state index contributed by atoms with van der Waals surface area (Å²) in [7, 11) is 0. The number of hydrogen-bond donors (Lipinski definition) is 1. The van der Waals surface area contributed by atoms with Gasteiger partial charge in [-0.25, -0.2) is 0 Å². The third kappa shape index (κ3) is 4.85. The standard InChI is InChI=1S/C22H29NO2/c1-15-13-17(3)18(14-16(15)2)21(24)23-11-12-25-20-10-8-7-9-19(20)22(4,5)6/h7-10,13-14H,11-12H2,1-6H3,(H,23,24). The van der Waals surface area contributed by atoms with Crippen molar-refractivity contribution in [1.29, 1.82) is 0 Å². The summed E-state index contributed by atoms with van der Waals surface area (Å²) in [6, 6.07) is 12.1. The molecule has 2 aromatic rings. The van der Waals surface area contributed by atoms with Crippen LogP contribution in [0.25, 0.3) is 0 Å². The SMILES string of the molecule is Cc1cc(C)c(C(=O)NCCOc2ccccc2C(C)(C)C)cc1C. The van der Waals surface area contributed by atoms with Crippen LogP contribution in [-0.4, -0.2) is 19.1 Å². The van der Waals surface area contributed by atoms with Crippen LogP contribution in [0.15, 0.2) is 36.4 Å². The minimum atomic E-state index is -0.0479. The Balaban J connectivity index is 1.94. The molecule has 1 amide bonds. The van der Waals surface area contributed by atoms with Crippen molar-refractivity contribution in [1.82, 2.24) is 5.32 Å². The van der Waals surface area contributed by atoms with Crippen LogP contribution < -0.4 is 10.1 Å². The molecule has 2 aromatic carbocycles. The van der Waals surface area contributed by atoms with E-state index in [0.29, 0.717) is 13.2 Å². The van der Waals surface area contributed by atoms with Gasteiger partial charge in [0.05, 0.1) is 6.54 Å². The molecule has 0 aliphatic rings. The molecule has 0 fully saturated rings. The number of para-hydroxylation sites is 1. The van der Waals surface area contributed by atoms with Gasteiger partial charge in [0, 0.05) is 5.56 Å². The Labute approximate surface area is 151 Å². The van der Waals surface area contributed by atoms with Crippen LogP contribution in [0.5, 0.6) is 5.75 Å². The first-order chi connectivity index (χ1) is 11.7. The van der Waals surface area contributed by atoms with Gasteiger partial charge in [0.1, 0.15) is 12.4 Å². The number of rotatable bonds is 5. The summed E-state index contributed by atoms with van der Waals surface area (Å²) in [4.78, 5) is 12.4. The van der Waals surface area contributed by atoms with Crippen LogP contribution in [0.1, 0.15) is 53.4 Å². The van der Waals surface area contributed by atoms with Crippen molar-refractivity contribution in [2.75, 3.05) is 13.2 Å². The van der Waals surface area contributed by atoms with E-state index in [0.717, 1.165) is 22.4 Å². The fourth-order valence-corrected chi connectivity index (χ4v) is 2.84. The number of ether oxygens (including phenoxy) is 1. The maximum absolute atomic E-state index is 12.4. The predicted molar refractivity (Wildman–Crippen MR) is 104 cm³/mol. The summed E-state index contributed by atoms with van der Waals surface area (Å²) in [5, 5.41) is 2.95. The normalized spacial score (nSPS) is 11.3. The van der Waals surface area contributed by atoms with Crippen LogP contribution >= 0.6 is 0 Å². The molecule has 0 spiro atoms. The monoisotopic (exact) mass is 339 g/mol. The van der Waals surface area contributed by atoms with Gasteiger partial charge in [0.15, 0.2) is 0 Å². The quantitative estimate of drug-likeness (QED) is 0.801. The lowest BCUT2D eigenvalue weighted by molar-refractivity contribution is 0.0946. The molecule has 134 valence electrons. The molecule has 0 bridgehead atoms. The zero-order valence-corrected chi connectivity index (χ0v) is 16.2. The molecule has 3 nitrogen and oxygen atoms in total. The third-order valence-electron chi connectivity index (χ3n) is 4.43. The highest BCUT2D eigenvalue weighted by Gasteiger charge is 2.18. The molecular formula is C22H29NO2. The van der Waals surface area contributed by atoms with Crippen LogP contribution in [0.3, 0.4) is 0 Å². The number of nitrogens with one attached hydrogen (secondary N) is 1. The maximum atomic E-state index is 12.4. The van der Waals surface area contributed by atoms with E-state index in [2.05, 4.69) is 45.1 Å². The van der Waals surface area contributed by atoms with Gasteiger partial charge < -0.3 is 10.1 Å². The van der Waals surface area contributed by atoms with Crippen molar-refractivity contribution >= 4 is 5.91 Å². The summed E-state index contributed by atoms with van der Waals surface area (Å²) in [5.41, 5.74) is 5.27. The number of aryl methyl sites for hydroxylation is 3. The number of carbonyl (C=O) groups excluding carboxylic acids is 1. The zero-order valence-electron chi connectivity index (χ0n) is 16.2. The van der Waals surface area contributed by atoms with Crippen molar-refractivity contribution in [2.24, 2.45) is 0 Å². The van der Waals surface area contributed by atoms with E-state index in [1.165, 1.54) is 11.1 Å². The van der Waals surface area contributed by atoms with Gasteiger partial charge in [-0.3, -0.25) is 4.79 Å². The molecule has 0 saturated heterocycles. The Bertz CT molecular complexity index is 757. The van der Waals surface area contributed by atoms with Gasteiger partial charge in [-0.05, 0) is 60.6 Å². The van der Waals surface area contributed by atoms with Gasteiger partial charge in [0.2, 0.25) is 0 Å². The van der Waals surface area contributed by atoms with Crippen molar-refractivity contribution in [2.45, 2.75) is 47.0 Å². The van der Waals surface area contributed by atoms with Gasteiger partial charge in [-0.1, -0.05) is 45.0 Å². The van der Waals surface area contributed by atoms with Gasteiger partial charge in [0.25, 0.3) is 5.91 Å². The van der Waals surface area contributed by atoms with E-state index in [-0.39, 0.29) is 11.3 Å². The maximum Gasteiger partial charge on any atom is 0.251 e. The topological polar surface area (TPSA) is 38.3 Å². The zero-order chi connectivity index (χ0) is 18.6. The smallest absolute Gasteiger partial charge is 0.251 e. The lowest BCUT2D eigenvalue weighted by Crippen LogP contribution is -2.29. The minimum Gasteiger partial charge on any atom is -0.491 e. The minimum absolute atomic E-state index is 0.0242. The van der Waals surface area contributed by atoms with E-state index in [1.807, 2.05) is 38.1 Å². The lowest BCUT2D eigenvalue weighted by Gasteiger charge is -2.22. The molecule has 1 N–H and O–H groups in total. The molecule has 0 saturated carbocycles. The van der Waals surface area contributed by atoms with Crippen molar-refractivity contribution < 1.29 is 9.53 Å². The molecule has 2 rings (SSSR count). The van der Waals surface area contributed by atoms with Crippen LogP contribution in [-0.2, 0) is 5.41 Å². The van der Waals surface area contributed by atoms with Crippen molar-refractivity contribution in [3.8, 4) is 5.75 Å². The predicted octanol–water partition coefficient (Wildman–Crippen LogP) is 4.72. The Kier molecular flexibility index (Phi) is 5.89. The summed E-state index contributed by atoms with van der Waals surface area (Å²) < 4.78 is 5.91. The summed E-state index contributed by atoms with van der Waals surface area (Å²) in [6.07, 6.45) is 0. The van der Waals surface area contributed by atoms with E-state index in [1.54, 1.807) is 0 Å². The van der Waals surface area contributed by atoms with Gasteiger partial charge in [-0.15, -0.1) is 0 Å². The third-order valence-corrected chi connectivity index (χ3v) is 4.43. The van der Waals surface area contributed by atoms with E-state index in [9.17, 15) is 4.79 Å². The number of hydrogen-bond acceptors (Lipinski definition) is 2. The highest BCUT2D eigenvalue weighted by molar-refractivity contribution is 5.95. The van der Waals surface area contributed by atoms with Gasteiger partial charge in [-0.2, -0.15) is 0 Å². The van der Waals surface area contributed by atoms with E-state index >= 15 is 0 Å². The number of benzene rings is 2. The Morgan fingerprint density at radius 1 is 1.00 bits per heavy atom. The molecule has 0 atom stereocenters. The first-order valence-corrected chi connectivity index (χ1v) is 8.78. The molecule has 0 unspecified atom stereocenters. The first-order valence-electron chi connectivity index (χ1n) is 8.78. The lowest BCUT2D eigenvalue weighted by atomic mass is 9.86. The van der Waals surface area contributed by atoms with Crippen LogP contribution in [0.4, 0.5) is 0 Å². The second-order valence-electron chi connectivity index (χ2n) is 7.60. The van der Waals surface area contributed by atoms with Crippen LogP contribution in [0, 0.1) is 20.8 Å². The Morgan fingerprint density at radius 3 is 2.32 bits per heavy atom. The Morgan fingerprint density at radius 2 is 1.64 bits per heavy atom. The molecule has 0 aromatic heterocycles. The number of amides is 1. The molecule has 0 aliphatic carbocycles. The summed E-state index contributed by atoms with van der Waals surface area (Å²) in [6.45, 7) is 13.5. The number of carbonyl (C=O) groups is 1. The second kappa shape index (κ2) is 7.73. The fourth-order valence-electron chi connectivity index (χ4n) is 2.84. The van der Waals surface area contributed by atoms with E-state index < -0.39 is 0 Å². The first kappa shape index (κ1) is 19.0. The molecule has 0 radical (unpaired) electrons. The highest BCUT2D eigenvalue weighted by Crippen LogP contribution is 2.30. The summed E-state index contributed by atoms with van der Waals surface area (Å²) >= 11 is 0. The fraction of sp³-hybridized carbons (Fsp3) is 0.409. The van der Waals surface area contributed by atoms with Gasteiger partial charge >= 0.3 is 0 Å². The average Bonchev–Trinajstić information content (AvgIpc) is 2.54. The largest absolute Gasteiger partial charge is 0.491 e. The molecule has 25 heavy (non-hydrogen) atoms. The summed E-state index contributed by atoms with van der Waals surface area (Å²) in [5.74, 6) is 0.833. The van der Waals surface area contributed by atoms with Crippen molar-refractivity contribution in [3.63, 3.8) is 0 Å². The average molecular weight is 339 g/mol. The molecular weight excluding hydrogens is 310 g/mol. The van der Waals surface area contributed by atoms with E-state index in [4.69, 9.17) is 4.74 Å². The molecule has 0 aliphatic heterocycles. The highest BCUT2D eigenvalue weighted by atomic mass is 16.5. The second-order valence-corrected chi connectivity index (χ2v) is 7.60. The Hall–Kier alpha value is -2.29.